The zero-order valence-electron chi connectivity index (χ0n) is 13.6. The van der Waals surface area contributed by atoms with Crippen molar-refractivity contribution in [3.8, 4) is 0 Å². The molecule has 0 N–H and O–H groups in total. The van der Waals surface area contributed by atoms with Crippen molar-refractivity contribution < 1.29 is 4.79 Å². The second-order valence-corrected chi connectivity index (χ2v) is 5.79. The minimum Gasteiger partial charge on any atom is -0.331 e. The Morgan fingerprint density at radius 3 is 2.71 bits per heavy atom. The molecule has 0 spiro atoms. The highest BCUT2D eigenvalue weighted by Gasteiger charge is 2.29. The summed E-state index contributed by atoms with van der Waals surface area (Å²) in [4.78, 5) is 18.2. The molecule has 0 fully saturated rings. The van der Waals surface area contributed by atoms with Crippen molar-refractivity contribution in [3.63, 3.8) is 0 Å². The molecule has 1 aliphatic rings. The van der Waals surface area contributed by atoms with E-state index >= 15 is 0 Å². The fraction of sp³-hybridized carbons (Fsp3) is 0.733. The van der Waals surface area contributed by atoms with Crippen molar-refractivity contribution in [1.29, 1.82) is 0 Å². The Morgan fingerprint density at radius 1 is 1.38 bits per heavy atom. The summed E-state index contributed by atoms with van der Waals surface area (Å²) in [6.45, 7) is 8.94. The number of nitrogens with zero attached hydrogens (tertiary/aromatic N) is 5. The average Bonchev–Trinajstić information content (AvgIpc) is 2.95. The molecular formula is C15H27N5O. The van der Waals surface area contributed by atoms with E-state index in [4.69, 9.17) is 0 Å². The molecule has 0 saturated heterocycles. The molecule has 0 aromatic carbocycles. The molecule has 21 heavy (non-hydrogen) atoms. The van der Waals surface area contributed by atoms with Gasteiger partial charge >= 0.3 is 6.03 Å². The van der Waals surface area contributed by atoms with Gasteiger partial charge in [0, 0.05) is 33.4 Å². The Bertz CT molecular complexity index is 466. The van der Waals surface area contributed by atoms with Crippen LogP contribution < -0.4 is 0 Å². The van der Waals surface area contributed by atoms with Crippen molar-refractivity contribution in [1.82, 2.24) is 24.5 Å². The Kier molecular flexibility index (Phi) is 5.22. The lowest BCUT2D eigenvalue weighted by atomic mass is 10.1. The summed E-state index contributed by atoms with van der Waals surface area (Å²) < 4.78 is 2.10. The highest BCUT2D eigenvalue weighted by atomic mass is 16.2. The first-order valence-corrected chi connectivity index (χ1v) is 7.77. The van der Waals surface area contributed by atoms with Gasteiger partial charge < -0.3 is 14.7 Å². The van der Waals surface area contributed by atoms with Crippen LogP contribution in [0.1, 0.15) is 32.0 Å². The van der Waals surface area contributed by atoms with Crippen molar-refractivity contribution in [2.24, 2.45) is 0 Å². The van der Waals surface area contributed by atoms with E-state index in [0.29, 0.717) is 6.54 Å². The fourth-order valence-electron chi connectivity index (χ4n) is 2.90. The van der Waals surface area contributed by atoms with Crippen LogP contribution in [-0.2, 0) is 6.54 Å². The topological polar surface area (TPSA) is 44.6 Å². The van der Waals surface area contributed by atoms with Crippen LogP contribution in [-0.4, -0.2) is 70.8 Å². The Labute approximate surface area is 127 Å². The highest BCUT2D eigenvalue weighted by molar-refractivity contribution is 5.74. The zero-order chi connectivity index (χ0) is 15.4. The summed E-state index contributed by atoms with van der Waals surface area (Å²) in [5, 5.41) is 4.45. The number of fused-ring (bicyclic) bond motifs is 1. The molecule has 1 aromatic heterocycles. The van der Waals surface area contributed by atoms with E-state index in [1.807, 2.05) is 17.2 Å². The molecule has 0 bridgehead atoms. The molecule has 0 unspecified atom stereocenters. The number of carbonyl (C=O) groups is 1. The summed E-state index contributed by atoms with van der Waals surface area (Å²) in [5.74, 6) is 0. The highest BCUT2D eigenvalue weighted by Crippen LogP contribution is 2.23. The number of urea groups is 1. The molecule has 1 aromatic rings. The van der Waals surface area contributed by atoms with E-state index in [-0.39, 0.29) is 12.1 Å². The van der Waals surface area contributed by atoms with E-state index in [2.05, 4.69) is 28.5 Å². The first kappa shape index (κ1) is 15.8. The minimum absolute atomic E-state index is 0.0790. The largest absolute Gasteiger partial charge is 0.331 e. The smallest absolute Gasteiger partial charge is 0.319 e. The summed E-state index contributed by atoms with van der Waals surface area (Å²) in [5.41, 5.74) is 1.13. The normalized spacial score (nSPS) is 18.0. The van der Waals surface area contributed by atoms with Crippen molar-refractivity contribution in [2.75, 3.05) is 40.3 Å². The van der Waals surface area contributed by atoms with Gasteiger partial charge in [0.25, 0.3) is 0 Å². The Hall–Kier alpha value is -1.56. The maximum Gasteiger partial charge on any atom is 0.319 e. The zero-order valence-corrected chi connectivity index (χ0v) is 13.6. The first-order valence-electron chi connectivity index (χ1n) is 7.77. The standard InChI is InChI=1S/C15H27N5O/c1-5-18(6-2)10-8-14-12-19(15(21)17(3)4)11-13-7-9-16-20(13)14/h7,9,14H,5-6,8,10-12H2,1-4H3/t14-/m0/s1. The summed E-state index contributed by atoms with van der Waals surface area (Å²) in [7, 11) is 3.61. The molecule has 0 aliphatic carbocycles. The molecule has 6 nitrogen and oxygen atoms in total. The predicted octanol–water partition coefficient (Wildman–Crippen LogP) is 1.65. The van der Waals surface area contributed by atoms with Gasteiger partial charge in [-0.2, -0.15) is 5.10 Å². The monoisotopic (exact) mass is 293 g/mol. The summed E-state index contributed by atoms with van der Waals surface area (Å²) in [6.07, 6.45) is 2.86. The predicted molar refractivity (Wildman–Crippen MR) is 83.2 cm³/mol. The first-order chi connectivity index (χ1) is 10.1. The van der Waals surface area contributed by atoms with Gasteiger partial charge in [0.15, 0.2) is 0 Å². The maximum absolute atomic E-state index is 12.2. The quantitative estimate of drug-likeness (QED) is 0.829. The number of amides is 2. The molecule has 0 radical (unpaired) electrons. The van der Waals surface area contributed by atoms with Gasteiger partial charge in [-0.15, -0.1) is 0 Å². The number of hydrogen-bond acceptors (Lipinski definition) is 3. The van der Waals surface area contributed by atoms with Gasteiger partial charge in [0.1, 0.15) is 0 Å². The molecule has 1 atom stereocenters. The SMILES string of the molecule is CCN(CC)CC[C@H]1CN(C(=O)N(C)C)Cc2ccnn21. The van der Waals surface area contributed by atoms with Gasteiger partial charge in [0.2, 0.25) is 0 Å². The van der Waals surface area contributed by atoms with Crippen LogP contribution in [0, 0.1) is 0 Å². The lowest BCUT2D eigenvalue weighted by Crippen LogP contribution is -2.46. The fourth-order valence-corrected chi connectivity index (χ4v) is 2.90. The average molecular weight is 293 g/mol. The third-order valence-electron chi connectivity index (χ3n) is 4.21. The van der Waals surface area contributed by atoms with E-state index in [0.717, 1.165) is 38.3 Å². The lowest BCUT2D eigenvalue weighted by Gasteiger charge is -2.36. The van der Waals surface area contributed by atoms with Crippen LogP contribution >= 0.6 is 0 Å². The third kappa shape index (κ3) is 3.56. The van der Waals surface area contributed by atoms with E-state index in [1.54, 1.807) is 19.0 Å². The van der Waals surface area contributed by atoms with E-state index in [1.165, 1.54) is 0 Å². The van der Waals surface area contributed by atoms with Crippen molar-refractivity contribution in [2.45, 2.75) is 32.9 Å². The van der Waals surface area contributed by atoms with E-state index < -0.39 is 0 Å². The molecular weight excluding hydrogens is 266 g/mol. The number of hydrogen-bond donors (Lipinski definition) is 0. The molecule has 118 valence electrons. The third-order valence-corrected chi connectivity index (χ3v) is 4.21. The second kappa shape index (κ2) is 6.93. The molecule has 2 amide bonds. The molecule has 1 aliphatic heterocycles. The van der Waals surface area contributed by atoms with Crippen LogP contribution in [0.3, 0.4) is 0 Å². The van der Waals surface area contributed by atoms with Crippen LogP contribution in [0.2, 0.25) is 0 Å². The minimum atomic E-state index is 0.0790. The molecule has 6 heteroatoms. The van der Waals surface area contributed by atoms with Crippen molar-refractivity contribution in [3.05, 3.63) is 18.0 Å². The molecule has 0 saturated carbocycles. The lowest BCUT2D eigenvalue weighted by molar-refractivity contribution is 0.135. The number of aromatic nitrogens is 2. The van der Waals surface area contributed by atoms with Crippen LogP contribution in [0.5, 0.6) is 0 Å². The van der Waals surface area contributed by atoms with Crippen LogP contribution in [0.25, 0.3) is 0 Å². The summed E-state index contributed by atoms with van der Waals surface area (Å²) in [6, 6.07) is 2.36. The second-order valence-electron chi connectivity index (χ2n) is 5.79. The number of rotatable bonds is 5. The number of carbonyl (C=O) groups excluding carboxylic acids is 1. The maximum atomic E-state index is 12.2. The molecule has 2 rings (SSSR count). The van der Waals surface area contributed by atoms with E-state index in [9.17, 15) is 4.79 Å². The Morgan fingerprint density at radius 2 is 2.10 bits per heavy atom. The van der Waals surface area contributed by atoms with Gasteiger partial charge in [-0.05, 0) is 25.6 Å². The Balaban J connectivity index is 2.08. The van der Waals surface area contributed by atoms with Gasteiger partial charge in [-0.1, -0.05) is 13.8 Å². The van der Waals surface area contributed by atoms with Crippen LogP contribution in [0.15, 0.2) is 12.3 Å². The molecule has 2 heterocycles. The summed E-state index contributed by atoms with van der Waals surface area (Å²) >= 11 is 0. The van der Waals surface area contributed by atoms with Crippen LogP contribution in [0.4, 0.5) is 4.79 Å². The van der Waals surface area contributed by atoms with Gasteiger partial charge in [-0.25, -0.2) is 4.79 Å². The van der Waals surface area contributed by atoms with Gasteiger partial charge in [-0.3, -0.25) is 4.68 Å². The van der Waals surface area contributed by atoms with Gasteiger partial charge in [0.05, 0.1) is 18.3 Å². The van der Waals surface area contributed by atoms with Crippen molar-refractivity contribution >= 4 is 6.03 Å².